The van der Waals surface area contributed by atoms with Crippen LogP contribution in [0.5, 0.6) is 0 Å². The van der Waals surface area contributed by atoms with Gasteiger partial charge in [-0.3, -0.25) is 4.79 Å². The highest BCUT2D eigenvalue weighted by molar-refractivity contribution is 5.81. The average Bonchev–Trinajstić information content (AvgIpc) is 3.23. The average molecular weight is 320 g/mol. The first-order valence-corrected chi connectivity index (χ1v) is 8.85. The number of carbonyl (C=O) groups is 1. The van der Waals surface area contributed by atoms with E-state index in [-0.39, 0.29) is 18.1 Å². The molecule has 6 nitrogen and oxygen atoms in total. The highest BCUT2D eigenvalue weighted by atomic mass is 16.5. The molecule has 0 aromatic carbocycles. The SMILES string of the molecule is CCC(OC1CCCC1)C(=O)N1CCN(c2nccn2C)CC1. The van der Waals surface area contributed by atoms with Gasteiger partial charge in [0.05, 0.1) is 6.10 Å². The summed E-state index contributed by atoms with van der Waals surface area (Å²) < 4.78 is 8.10. The second-order valence-corrected chi connectivity index (χ2v) is 6.59. The summed E-state index contributed by atoms with van der Waals surface area (Å²) in [7, 11) is 2.00. The number of rotatable bonds is 5. The fourth-order valence-electron chi connectivity index (χ4n) is 3.58. The van der Waals surface area contributed by atoms with Crippen molar-refractivity contribution in [2.75, 3.05) is 31.1 Å². The van der Waals surface area contributed by atoms with Crippen LogP contribution in [-0.2, 0) is 16.6 Å². The topological polar surface area (TPSA) is 50.6 Å². The summed E-state index contributed by atoms with van der Waals surface area (Å²) in [6, 6.07) is 0. The van der Waals surface area contributed by atoms with Gasteiger partial charge in [-0.1, -0.05) is 19.8 Å². The third-order valence-corrected chi connectivity index (χ3v) is 4.98. The fourth-order valence-corrected chi connectivity index (χ4v) is 3.58. The third kappa shape index (κ3) is 3.68. The first kappa shape index (κ1) is 16.3. The lowest BCUT2D eigenvalue weighted by Crippen LogP contribution is -2.52. The van der Waals surface area contributed by atoms with Crippen molar-refractivity contribution in [2.24, 2.45) is 7.05 Å². The van der Waals surface area contributed by atoms with E-state index in [1.54, 1.807) is 0 Å². The van der Waals surface area contributed by atoms with Gasteiger partial charge in [-0.15, -0.1) is 0 Å². The van der Waals surface area contributed by atoms with Crippen LogP contribution in [0.4, 0.5) is 5.95 Å². The Balaban J connectivity index is 1.53. The van der Waals surface area contributed by atoms with Gasteiger partial charge in [0.2, 0.25) is 5.95 Å². The van der Waals surface area contributed by atoms with Crippen molar-refractivity contribution < 1.29 is 9.53 Å². The van der Waals surface area contributed by atoms with Crippen LogP contribution in [0.3, 0.4) is 0 Å². The van der Waals surface area contributed by atoms with Gasteiger partial charge in [-0.2, -0.15) is 0 Å². The van der Waals surface area contributed by atoms with Crippen LogP contribution in [-0.4, -0.2) is 58.7 Å². The van der Waals surface area contributed by atoms with Crippen molar-refractivity contribution in [2.45, 2.75) is 51.2 Å². The second kappa shape index (κ2) is 7.34. The molecule has 0 N–H and O–H groups in total. The number of anilines is 1. The van der Waals surface area contributed by atoms with Crippen molar-refractivity contribution >= 4 is 11.9 Å². The molecule has 2 aliphatic rings. The lowest BCUT2D eigenvalue weighted by molar-refractivity contribution is -0.148. The Kier molecular flexibility index (Phi) is 5.20. The Morgan fingerprint density at radius 3 is 2.57 bits per heavy atom. The van der Waals surface area contributed by atoms with E-state index in [0.29, 0.717) is 0 Å². The minimum atomic E-state index is -0.266. The van der Waals surface area contributed by atoms with Gasteiger partial charge < -0.3 is 19.1 Å². The predicted octanol–water partition coefficient (Wildman–Crippen LogP) is 1.81. The van der Waals surface area contributed by atoms with Crippen molar-refractivity contribution in [3.63, 3.8) is 0 Å². The number of piperazine rings is 1. The summed E-state index contributed by atoms with van der Waals surface area (Å²) in [6.07, 6.45) is 9.23. The maximum absolute atomic E-state index is 12.7. The standard InChI is InChI=1S/C17H28N4O2/c1-3-15(23-14-6-4-5-7-14)16(22)20-10-12-21(13-11-20)17-18-8-9-19(17)2/h8-9,14-15H,3-7,10-13H2,1-2H3. The lowest BCUT2D eigenvalue weighted by Gasteiger charge is -2.37. The second-order valence-electron chi connectivity index (χ2n) is 6.59. The molecule has 1 amide bonds. The van der Waals surface area contributed by atoms with Crippen LogP contribution >= 0.6 is 0 Å². The quantitative estimate of drug-likeness (QED) is 0.830. The molecule has 1 aliphatic carbocycles. The van der Waals surface area contributed by atoms with E-state index >= 15 is 0 Å². The first-order chi connectivity index (χ1) is 11.2. The molecule has 1 aliphatic heterocycles. The molecule has 1 aromatic heterocycles. The van der Waals surface area contributed by atoms with E-state index in [9.17, 15) is 4.79 Å². The molecule has 2 heterocycles. The van der Waals surface area contributed by atoms with Gasteiger partial charge in [0, 0.05) is 45.6 Å². The largest absolute Gasteiger partial charge is 0.365 e. The molecule has 1 unspecified atom stereocenters. The maximum Gasteiger partial charge on any atom is 0.251 e. The molecular formula is C17H28N4O2. The Bertz CT molecular complexity index is 516. The van der Waals surface area contributed by atoms with Crippen LogP contribution in [0.1, 0.15) is 39.0 Å². The lowest BCUT2D eigenvalue weighted by atomic mass is 10.2. The normalized spacial score (nSPS) is 21.0. The predicted molar refractivity (Wildman–Crippen MR) is 89.4 cm³/mol. The number of aromatic nitrogens is 2. The van der Waals surface area contributed by atoms with Crippen LogP contribution in [0.25, 0.3) is 0 Å². The fraction of sp³-hybridized carbons (Fsp3) is 0.765. The van der Waals surface area contributed by atoms with E-state index in [1.807, 2.05) is 35.8 Å². The van der Waals surface area contributed by atoms with E-state index in [0.717, 1.165) is 51.4 Å². The molecule has 1 saturated heterocycles. The maximum atomic E-state index is 12.7. The van der Waals surface area contributed by atoms with Crippen LogP contribution in [0, 0.1) is 0 Å². The molecular weight excluding hydrogens is 292 g/mol. The highest BCUT2D eigenvalue weighted by Crippen LogP contribution is 2.24. The van der Waals surface area contributed by atoms with Gasteiger partial charge in [0.25, 0.3) is 5.91 Å². The molecule has 1 aromatic rings. The number of nitrogens with zero attached hydrogens (tertiary/aromatic N) is 4. The molecule has 128 valence electrons. The zero-order chi connectivity index (χ0) is 16.2. The number of aryl methyl sites for hydroxylation is 1. The summed E-state index contributed by atoms with van der Waals surface area (Å²) in [5.74, 6) is 1.14. The number of hydrogen-bond donors (Lipinski definition) is 0. The molecule has 1 saturated carbocycles. The van der Waals surface area contributed by atoms with Crippen molar-refractivity contribution in [1.82, 2.24) is 14.5 Å². The van der Waals surface area contributed by atoms with Crippen molar-refractivity contribution in [3.8, 4) is 0 Å². The van der Waals surface area contributed by atoms with E-state index in [4.69, 9.17) is 4.74 Å². The number of imidazole rings is 1. The van der Waals surface area contributed by atoms with Crippen molar-refractivity contribution in [1.29, 1.82) is 0 Å². The van der Waals surface area contributed by atoms with E-state index < -0.39 is 0 Å². The molecule has 2 fully saturated rings. The first-order valence-electron chi connectivity index (χ1n) is 8.85. The minimum absolute atomic E-state index is 0.166. The third-order valence-electron chi connectivity index (χ3n) is 4.98. The molecule has 0 spiro atoms. The van der Waals surface area contributed by atoms with E-state index in [2.05, 4.69) is 9.88 Å². The monoisotopic (exact) mass is 320 g/mol. The van der Waals surface area contributed by atoms with Gasteiger partial charge in [-0.25, -0.2) is 4.98 Å². The summed E-state index contributed by atoms with van der Waals surface area (Å²) in [5.41, 5.74) is 0. The van der Waals surface area contributed by atoms with Crippen LogP contribution in [0.15, 0.2) is 12.4 Å². The van der Waals surface area contributed by atoms with Gasteiger partial charge >= 0.3 is 0 Å². The Morgan fingerprint density at radius 2 is 2.00 bits per heavy atom. The molecule has 3 rings (SSSR count). The summed E-state index contributed by atoms with van der Waals surface area (Å²) >= 11 is 0. The Morgan fingerprint density at radius 1 is 1.30 bits per heavy atom. The Labute approximate surface area is 138 Å². The molecule has 1 atom stereocenters. The molecule has 0 radical (unpaired) electrons. The zero-order valence-electron chi connectivity index (χ0n) is 14.3. The number of amides is 1. The molecule has 0 bridgehead atoms. The van der Waals surface area contributed by atoms with Gasteiger partial charge in [-0.05, 0) is 19.3 Å². The minimum Gasteiger partial charge on any atom is -0.365 e. The molecule has 6 heteroatoms. The summed E-state index contributed by atoms with van der Waals surface area (Å²) in [4.78, 5) is 21.3. The van der Waals surface area contributed by atoms with E-state index in [1.165, 1.54) is 12.8 Å². The summed E-state index contributed by atoms with van der Waals surface area (Å²) in [6.45, 7) is 5.20. The van der Waals surface area contributed by atoms with Crippen LogP contribution < -0.4 is 4.90 Å². The number of ether oxygens (including phenoxy) is 1. The number of hydrogen-bond acceptors (Lipinski definition) is 4. The Hall–Kier alpha value is -1.56. The van der Waals surface area contributed by atoms with Gasteiger partial charge in [0.15, 0.2) is 0 Å². The molecule has 23 heavy (non-hydrogen) atoms. The smallest absolute Gasteiger partial charge is 0.251 e. The highest BCUT2D eigenvalue weighted by Gasteiger charge is 2.30. The van der Waals surface area contributed by atoms with Gasteiger partial charge in [0.1, 0.15) is 6.10 Å². The van der Waals surface area contributed by atoms with Crippen LogP contribution in [0.2, 0.25) is 0 Å². The zero-order valence-corrected chi connectivity index (χ0v) is 14.3. The number of carbonyl (C=O) groups excluding carboxylic acids is 1. The van der Waals surface area contributed by atoms with Crippen molar-refractivity contribution in [3.05, 3.63) is 12.4 Å². The summed E-state index contributed by atoms with van der Waals surface area (Å²) in [5, 5.41) is 0.